The van der Waals surface area contributed by atoms with Crippen molar-refractivity contribution < 1.29 is 31.5 Å². The predicted molar refractivity (Wildman–Crippen MR) is 88.4 cm³/mol. The van der Waals surface area contributed by atoms with Gasteiger partial charge in [-0.15, -0.1) is 0 Å². The number of carbonyl (C=O) groups is 1. The molecule has 0 aliphatic heterocycles. The highest BCUT2D eigenvalue weighted by atomic mass is 79.9. The molecule has 1 aromatic heterocycles. The van der Waals surface area contributed by atoms with E-state index in [9.17, 15) is 22.0 Å². The van der Waals surface area contributed by atoms with Gasteiger partial charge in [0.25, 0.3) is 5.92 Å². The number of hydrogen-bond acceptors (Lipinski definition) is 4. The van der Waals surface area contributed by atoms with Gasteiger partial charge in [-0.2, -0.15) is 8.78 Å². The number of aryl methyl sites for hydroxylation is 2. The summed E-state index contributed by atoms with van der Waals surface area (Å²) in [6.45, 7) is 1.31. The maximum Gasteiger partial charge on any atom is 0.340 e. The van der Waals surface area contributed by atoms with Gasteiger partial charge >= 0.3 is 5.97 Å². The lowest BCUT2D eigenvalue weighted by molar-refractivity contribution is 0.00207. The Morgan fingerprint density at radius 2 is 1.80 bits per heavy atom. The van der Waals surface area contributed by atoms with Crippen LogP contribution in [0.3, 0.4) is 0 Å². The highest BCUT2D eigenvalue weighted by Crippen LogP contribution is 2.30. The first-order valence-corrected chi connectivity index (χ1v) is 9.20. The first-order valence-electron chi connectivity index (χ1n) is 6.92. The molecule has 1 heterocycles. The molecule has 10 heteroatoms. The molecular formula is C15H14BrF2NO5S. The van der Waals surface area contributed by atoms with Gasteiger partial charge < -0.3 is 9.52 Å². The lowest BCUT2D eigenvalue weighted by atomic mass is 10.1. The number of rotatable bonds is 6. The smallest absolute Gasteiger partial charge is 0.340 e. The SMILES string of the molecule is Cc1oc(C)c(S(=O)(=O)NCC(F)(F)c2ccc(Br)cc2)c1C(=O)O. The number of furan rings is 1. The van der Waals surface area contributed by atoms with E-state index < -0.39 is 38.9 Å². The monoisotopic (exact) mass is 437 g/mol. The van der Waals surface area contributed by atoms with E-state index in [1.54, 1.807) is 4.72 Å². The van der Waals surface area contributed by atoms with Crippen LogP contribution in [-0.4, -0.2) is 26.0 Å². The van der Waals surface area contributed by atoms with Crippen LogP contribution in [0.2, 0.25) is 0 Å². The maximum atomic E-state index is 14.2. The molecule has 2 N–H and O–H groups in total. The van der Waals surface area contributed by atoms with Gasteiger partial charge in [0, 0.05) is 10.0 Å². The van der Waals surface area contributed by atoms with E-state index in [0.717, 1.165) is 12.1 Å². The van der Waals surface area contributed by atoms with Crippen LogP contribution in [0.15, 0.2) is 38.1 Å². The van der Waals surface area contributed by atoms with E-state index in [0.29, 0.717) is 4.47 Å². The quantitative estimate of drug-likeness (QED) is 0.721. The van der Waals surface area contributed by atoms with E-state index >= 15 is 0 Å². The van der Waals surface area contributed by atoms with Crippen LogP contribution in [0.1, 0.15) is 27.4 Å². The van der Waals surface area contributed by atoms with Crippen LogP contribution in [0.5, 0.6) is 0 Å². The van der Waals surface area contributed by atoms with Crippen molar-refractivity contribution in [1.29, 1.82) is 0 Å². The number of carboxylic acid groups (broad SMARTS) is 1. The Bertz CT molecular complexity index is 907. The summed E-state index contributed by atoms with van der Waals surface area (Å²) >= 11 is 3.12. The van der Waals surface area contributed by atoms with Crippen LogP contribution in [0.25, 0.3) is 0 Å². The number of carboxylic acids is 1. The minimum Gasteiger partial charge on any atom is -0.478 e. The molecule has 0 saturated carbocycles. The fourth-order valence-electron chi connectivity index (χ4n) is 2.29. The highest BCUT2D eigenvalue weighted by Gasteiger charge is 2.36. The summed E-state index contributed by atoms with van der Waals surface area (Å²) in [5.41, 5.74) is -0.950. The molecule has 0 fully saturated rings. The number of aromatic carboxylic acids is 1. The number of hydrogen-bond donors (Lipinski definition) is 2. The summed E-state index contributed by atoms with van der Waals surface area (Å²) in [5, 5.41) is 9.15. The van der Waals surface area contributed by atoms with Crippen LogP contribution < -0.4 is 4.72 Å². The van der Waals surface area contributed by atoms with Crippen molar-refractivity contribution in [2.75, 3.05) is 6.54 Å². The van der Waals surface area contributed by atoms with Gasteiger partial charge in [0.2, 0.25) is 10.0 Å². The summed E-state index contributed by atoms with van der Waals surface area (Å²) in [7, 11) is -4.51. The average molecular weight is 438 g/mol. The van der Waals surface area contributed by atoms with E-state index in [1.807, 2.05) is 0 Å². The summed E-state index contributed by atoms with van der Waals surface area (Å²) < 4.78 is 60.5. The zero-order valence-corrected chi connectivity index (χ0v) is 15.5. The molecule has 2 aromatic rings. The number of sulfonamides is 1. The van der Waals surface area contributed by atoms with Crippen LogP contribution >= 0.6 is 15.9 Å². The van der Waals surface area contributed by atoms with Crippen molar-refractivity contribution in [3.05, 3.63) is 51.4 Å². The lowest BCUT2D eigenvalue weighted by Gasteiger charge is -2.17. The molecule has 136 valence electrons. The van der Waals surface area contributed by atoms with Gasteiger partial charge in [-0.1, -0.05) is 28.1 Å². The maximum absolute atomic E-state index is 14.2. The Morgan fingerprint density at radius 3 is 2.32 bits per heavy atom. The van der Waals surface area contributed by atoms with Crippen LogP contribution in [0.4, 0.5) is 8.78 Å². The molecule has 0 atom stereocenters. The molecule has 2 rings (SSSR count). The molecule has 0 aliphatic rings. The van der Waals surface area contributed by atoms with Crippen LogP contribution in [-0.2, 0) is 15.9 Å². The Labute approximate surface area is 151 Å². The molecule has 0 unspecified atom stereocenters. The molecule has 6 nitrogen and oxygen atoms in total. The zero-order valence-electron chi connectivity index (χ0n) is 13.1. The number of halogens is 3. The van der Waals surface area contributed by atoms with Gasteiger partial charge in [0.1, 0.15) is 22.0 Å². The van der Waals surface area contributed by atoms with Crippen molar-refractivity contribution in [2.45, 2.75) is 24.7 Å². The van der Waals surface area contributed by atoms with Gasteiger partial charge in [-0.3, -0.25) is 0 Å². The van der Waals surface area contributed by atoms with E-state index in [1.165, 1.54) is 26.0 Å². The fourth-order valence-corrected chi connectivity index (χ4v) is 3.99. The molecular weight excluding hydrogens is 424 g/mol. The van der Waals surface area contributed by atoms with Crippen molar-refractivity contribution in [1.82, 2.24) is 4.72 Å². The second kappa shape index (κ2) is 6.85. The fraction of sp³-hybridized carbons (Fsp3) is 0.267. The van der Waals surface area contributed by atoms with E-state index in [2.05, 4.69) is 15.9 Å². The summed E-state index contributed by atoms with van der Waals surface area (Å²) in [6, 6.07) is 5.14. The third-order valence-electron chi connectivity index (χ3n) is 3.44. The van der Waals surface area contributed by atoms with Gasteiger partial charge in [-0.25, -0.2) is 17.9 Å². The van der Waals surface area contributed by atoms with Gasteiger partial charge in [-0.05, 0) is 26.0 Å². The predicted octanol–water partition coefficient (Wildman–Crippen LogP) is 3.43. The molecule has 0 bridgehead atoms. The Kier molecular flexibility index (Phi) is 5.35. The third kappa shape index (κ3) is 4.07. The highest BCUT2D eigenvalue weighted by molar-refractivity contribution is 9.10. The number of benzene rings is 1. The first-order chi connectivity index (χ1) is 11.5. The normalized spacial score (nSPS) is 12.4. The second-order valence-corrected chi connectivity index (χ2v) is 7.88. The molecule has 0 spiro atoms. The molecule has 0 amide bonds. The largest absolute Gasteiger partial charge is 0.478 e. The van der Waals surface area contributed by atoms with Crippen molar-refractivity contribution in [2.24, 2.45) is 0 Å². The second-order valence-electron chi connectivity index (χ2n) is 5.26. The summed E-state index contributed by atoms with van der Waals surface area (Å²) in [5.74, 6) is -5.31. The average Bonchev–Trinajstić information content (AvgIpc) is 2.81. The standard InChI is InChI=1S/C15H14BrF2NO5S/c1-8-12(14(20)21)13(9(2)24-8)25(22,23)19-7-15(17,18)10-3-5-11(16)6-4-10/h3-6,19H,7H2,1-2H3,(H,20,21). The third-order valence-corrected chi connectivity index (χ3v) is 5.52. The molecule has 25 heavy (non-hydrogen) atoms. The first kappa shape index (κ1) is 19.5. The van der Waals surface area contributed by atoms with Crippen molar-refractivity contribution in [3.63, 3.8) is 0 Å². The molecule has 1 aromatic carbocycles. The minimum absolute atomic E-state index is 0.120. The Hall–Kier alpha value is -1.78. The Morgan fingerprint density at radius 1 is 1.24 bits per heavy atom. The minimum atomic E-state index is -4.51. The Balaban J connectivity index is 2.31. The topological polar surface area (TPSA) is 96.6 Å². The van der Waals surface area contributed by atoms with Crippen LogP contribution in [0, 0.1) is 13.8 Å². The van der Waals surface area contributed by atoms with E-state index in [4.69, 9.17) is 9.52 Å². The van der Waals surface area contributed by atoms with Crippen molar-refractivity contribution >= 4 is 31.9 Å². The van der Waals surface area contributed by atoms with Gasteiger partial charge in [0.15, 0.2) is 0 Å². The molecule has 0 radical (unpaired) electrons. The zero-order chi connectivity index (χ0) is 19.0. The molecule has 0 saturated heterocycles. The summed E-state index contributed by atoms with van der Waals surface area (Å²) in [4.78, 5) is 10.6. The van der Waals surface area contributed by atoms with Crippen molar-refractivity contribution in [3.8, 4) is 0 Å². The lowest BCUT2D eigenvalue weighted by Crippen LogP contribution is -2.35. The number of alkyl halides is 2. The van der Waals surface area contributed by atoms with E-state index in [-0.39, 0.29) is 17.1 Å². The number of nitrogens with one attached hydrogen (secondary N) is 1. The summed E-state index contributed by atoms with van der Waals surface area (Å²) in [6.07, 6.45) is 0. The van der Waals surface area contributed by atoms with Gasteiger partial charge in [0.05, 0.1) is 6.54 Å². The molecule has 0 aliphatic carbocycles.